The van der Waals surface area contributed by atoms with Crippen LogP contribution in [0.3, 0.4) is 0 Å². The molecule has 0 spiro atoms. The van der Waals surface area contributed by atoms with Gasteiger partial charge < -0.3 is 20.5 Å². The number of anilines is 1. The van der Waals surface area contributed by atoms with Crippen LogP contribution in [0, 0.1) is 16.6 Å². The van der Waals surface area contributed by atoms with E-state index in [-0.39, 0.29) is 11.8 Å². The molecule has 0 atom stereocenters. The van der Waals surface area contributed by atoms with Crippen molar-refractivity contribution in [3.63, 3.8) is 0 Å². The number of aromatic nitrogens is 2. The van der Waals surface area contributed by atoms with E-state index in [1.54, 1.807) is 0 Å². The summed E-state index contributed by atoms with van der Waals surface area (Å²) in [5, 5.41) is 7.74. The van der Waals surface area contributed by atoms with Gasteiger partial charge in [-0.3, -0.25) is 4.79 Å². The zero-order valence-corrected chi connectivity index (χ0v) is 18.5. The van der Waals surface area contributed by atoms with Crippen molar-refractivity contribution in [2.24, 2.45) is 11.8 Å². The zero-order valence-electron chi connectivity index (χ0n) is 17.7. The quantitative estimate of drug-likeness (QED) is 0.437. The third-order valence-electron chi connectivity index (χ3n) is 6.56. The summed E-state index contributed by atoms with van der Waals surface area (Å²) in [6, 6.07) is 8.09. The maximum Gasteiger partial charge on any atom is 0.223 e. The molecule has 0 radical (unpaired) electrons. The number of rotatable bonds is 8. The van der Waals surface area contributed by atoms with Crippen LogP contribution in [0.15, 0.2) is 24.3 Å². The van der Waals surface area contributed by atoms with Crippen molar-refractivity contribution in [2.75, 3.05) is 38.0 Å². The smallest absolute Gasteiger partial charge is 0.223 e. The molecule has 1 aliphatic carbocycles. The predicted octanol–water partition coefficient (Wildman–Crippen LogP) is 4.11. The van der Waals surface area contributed by atoms with Crippen molar-refractivity contribution in [1.29, 1.82) is 0 Å². The molecule has 1 saturated heterocycles. The molecule has 30 heavy (non-hydrogen) atoms. The Morgan fingerprint density at radius 3 is 2.73 bits per heavy atom. The fraction of sp³-hybridized carbons (Fsp3) is 0.609. The summed E-state index contributed by atoms with van der Waals surface area (Å²) < 4.78 is 0.501. The molecule has 2 aliphatic rings. The van der Waals surface area contributed by atoms with E-state index in [1.807, 2.05) is 18.2 Å². The van der Waals surface area contributed by atoms with E-state index < -0.39 is 0 Å². The molecule has 1 saturated carbocycles. The number of fused-ring (bicyclic) bond motifs is 1. The number of para-hydroxylation sites is 1. The molecule has 2 aromatic rings. The van der Waals surface area contributed by atoms with Gasteiger partial charge in [0.05, 0.1) is 5.52 Å². The fourth-order valence-electron chi connectivity index (χ4n) is 4.77. The summed E-state index contributed by atoms with van der Waals surface area (Å²) >= 11 is 5.26. The van der Waals surface area contributed by atoms with Crippen LogP contribution in [-0.4, -0.2) is 53.5 Å². The van der Waals surface area contributed by atoms with Crippen molar-refractivity contribution in [3.8, 4) is 0 Å². The topological polar surface area (TPSA) is 73.1 Å². The van der Waals surface area contributed by atoms with Crippen molar-refractivity contribution in [2.45, 2.75) is 44.9 Å². The number of hydrogen-bond donors (Lipinski definition) is 3. The van der Waals surface area contributed by atoms with Gasteiger partial charge in [-0.2, -0.15) is 0 Å². The molecule has 1 amide bonds. The lowest BCUT2D eigenvalue weighted by Gasteiger charge is -2.28. The molecule has 162 valence electrons. The number of aromatic amines is 1. The number of benzene rings is 1. The van der Waals surface area contributed by atoms with Gasteiger partial charge in [-0.05, 0) is 94.8 Å². The van der Waals surface area contributed by atoms with E-state index >= 15 is 0 Å². The van der Waals surface area contributed by atoms with E-state index in [2.05, 4.69) is 31.6 Å². The van der Waals surface area contributed by atoms with Crippen molar-refractivity contribution < 1.29 is 4.79 Å². The second-order valence-corrected chi connectivity index (χ2v) is 9.11. The molecular formula is C23H33N5OS. The lowest BCUT2D eigenvalue weighted by molar-refractivity contribution is -0.126. The standard InChI is InChI=1S/C23H33N5OS/c29-22(24-12-5-15-28-13-3-4-14-28)18-10-8-17(9-11-18)16-25-21-19-6-1-2-7-20(19)26-23(30)27-21/h1-2,6-7,17-18H,3-5,8-16H2,(H,24,29)(H2,25,26,27,30). The Morgan fingerprint density at radius 2 is 1.93 bits per heavy atom. The molecule has 1 aromatic carbocycles. The number of likely N-dealkylation sites (tertiary alicyclic amines) is 1. The Hall–Kier alpha value is -1.99. The van der Waals surface area contributed by atoms with Gasteiger partial charge in [0.1, 0.15) is 5.82 Å². The lowest BCUT2D eigenvalue weighted by atomic mass is 9.81. The summed E-state index contributed by atoms with van der Waals surface area (Å²) in [5.74, 6) is 1.86. The number of nitrogens with one attached hydrogen (secondary N) is 3. The first-order valence-electron chi connectivity index (χ1n) is 11.4. The maximum atomic E-state index is 12.5. The van der Waals surface area contributed by atoms with Crippen molar-refractivity contribution in [3.05, 3.63) is 29.0 Å². The van der Waals surface area contributed by atoms with Gasteiger partial charge in [-0.25, -0.2) is 4.98 Å². The molecule has 4 rings (SSSR count). The van der Waals surface area contributed by atoms with Crippen LogP contribution in [0.1, 0.15) is 44.9 Å². The van der Waals surface area contributed by atoms with Gasteiger partial charge in [0, 0.05) is 24.4 Å². The summed E-state index contributed by atoms with van der Waals surface area (Å²) in [6.07, 6.45) is 7.83. The van der Waals surface area contributed by atoms with E-state index in [4.69, 9.17) is 12.2 Å². The van der Waals surface area contributed by atoms with Crippen LogP contribution in [0.2, 0.25) is 0 Å². The highest BCUT2D eigenvalue weighted by Crippen LogP contribution is 2.29. The van der Waals surface area contributed by atoms with Gasteiger partial charge in [0.2, 0.25) is 5.91 Å². The van der Waals surface area contributed by atoms with Gasteiger partial charge in [0.15, 0.2) is 4.77 Å². The summed E-state index contributed by atoms with van der Waals surface area (Å²) in [7, 11) is 0. The third-order valence-corrected chi connectivity index (χ3v) is 6.76. The van der Waals surface area contributed by atoms with E-state index in [0.717, 1.165) is 68.5 Å². The average Bonchev–Trinajstić information content (AvgIpc) is 3.29. The molecule has 0 unspecified atom stereocenters. The molecule has 0 bridgehead atoms. The molecule has 2 fully saturated rings. The minimum atomic E-state index is 0.178. The number of nitrogens with zero attached hydrogens (tertiary/aromatic N) is 2. The molecule has 1 aromatic heterocycles. The highest BCUT2D eigenvalue weighted by atomic mass is 32.1. The Balaban J connectivity index is 1.18. The first kappa shape index (κ1) is 21.2. The van der Waals surface area contributed by atoms with Crippen LogP contribution in [0.5, 0.6) is 0 Å². The number of carbonyl (C=O) groups is 1. The Morgan fingerprint density at radius 1 is 1.17 bits per heavy atom. The largest absolute Gasteiger partial charge is 0.369 e. The van der Waals surface area contributed by atoms with Crippen LogP contribution in [-0.2, 0) is 4.79 Å². The summed E-state index contributed by atoms with van der Waals surface area (Å²) in [4.78, 5) is 22.6. The lowest BCUT2D eigenvalue weighted by Crippen LogP contribution is -2.35. The first-order chi connectivity index (χ1) is 14.7. The van der Waals surface area contributed by atoms with E-state index in [9.17, 15) is 4.79 Å². The first-order valence-corrected chi connectivity index (χ1v) is 11.8. The van der Waals surface area contributed by atoms with Crippen LogP contribution in [0.4, 0.5) is 5.82 Å². The monoisotopic (exact) mass is 427 g/mol. The Labute approximate surface area is 183 Å². The Kier molecular flexibility index (Phi) is 7.33. The van der Waals surface area contributed by atoms with Crippen LogP contribution >= 0.6 is 12.2 Å². The van der Waals surface area contributed by atoms with E-state index in [1.165, 1.54) is 25.9 Å². The molecule has 1 aliphatic heterocycles. The zero-order chi connectivity index (χ0) is 20.8. The Bertz CT molecular complexity index is 900. The fourth-order valence-corrected chi connectivity index (χ4v) is 4.97. The molecule has 6 nitrogen and oxygen atoms in total. The average molecular weight is 428 g/mol. The highest BCUT2D eigenvalue weighted by molar-refractivity contribution is 7.71. The van der Waals surface area contributed by atoms with Crippen molar-refractivity contribution >= 4 is 34.8 Å². The second-order valence-electron chi connectivity index (χ2n) is 8.73. The molecule has 7 heteroatoms. The normalized spacial score (nSPS) is 22.3. The third kappa shape index (κ3) is 5.58. The van der Waals surface area contributed by atoms with E-state index in [0.29, 0.717) is 10.7 Å². The number of H-pyrrole nitrogens is 1. The van der Waals surface area contributed by atoms with Gasteiger partial charge >= 0.3 is 0 Å². The predicted molar refractivity (Wildman–Crippen MR) is 124 cm³/mol. The highest BCUT2D eigenvalue weighted by Gasteiger charge is 2.26. The molecular weight excluding hydrogens is 394 g/mol. The minimum Gasteiger partial charge on any atom is -0.369 e. The SMILES string of the molecule is O=C(NCCCN1CCCC1)C1CCC(CNc2nc(=S)[nH]c3ccccc23)CC1. The molecule has 3 N–H and O–H groups in total. The van der Waals surface area contributed by atoms with Crippen molar-refractivity contribution in [1.82, 2.24) is 20.2 Å². The number of amides is 1. The van der Waals surface area contributed by atoms with Gasteiger partial charge in [-0.15, -0.1) is 0 Å². The number of carbonyl (C=O) groups excluding carboxylic acids is 1. The maximum absolute atomic E-state index is 12.5. The van der Waals surface area contributed by atoms with Crippen LogP contribution in [0.25, 0.3) is 10.9 Å². The van der Waals surface area contributed by atoms with Crippen LogP contribution < -0.4 is 10.6 Å². The summed E-state index contributed by atoms with van der Waals surface area (Å²) in [5.41, 5.74) is 1.00. The minimum absolute atomic E-state index is 0.178. The number of hydrogen-bond acceptors (Lipinski definition) is 5. The van der Waals surface area contributed by atoms with Gasteiger partial charge in [-0.1, -0.05) is 12.1 Å². The van der Waals surface area contributed by atoms with Gasteiger partial charge in [0.25, 0.3) is 0 Å². The summed E-state index contributed by atoms with van der Waals surface area (Å²) in [6.45, 7) is 5.26. The molecule has 2 heterocycles. The second kappa shape index (κ2) is 10.4.